The molecule has 0 spiro atoms. The molecular formula is C24H25N3O3S. The number of carbonyl (C=O) groups excluding carboxylic acids is 1. The number of ether oxygens (including phenoxy) is 2. The Morgan fingerprint density at radius 1 is 1.16 bits per heavy atom. The Morgan fingerprint density at radius 3 is 2.65 bits per heavy atom. The van der Waals surface area contributed by atoms with Gasteiger partial charge >= 0.3 is 5.97 Å². The molecule has 0 aliphatic rings. The van der Waals surface area contributed by atoms with Gasteiger partial charge in [-0.25, -0.2) is 9.78 Å². The molecule has 7 heteroatoms. The summed E-state index contributed by atoms with van der Waals surface area (Å²) in [5.41, 5.74) is 4.96. The van der Waals surface area contributed by atoms with Crippen molar-refractivity contribution in [1.82, 2.24) is 9.38 Å². The van der Waals surface area contributed by atoms with Gasteiger partial charge in [0.05, 0.1) is 13.7 Å². The van der Waals surface area contributed by atoms with Gasteiger partial charge in [0.1, 0.15) is 22.1 Å². The first kappa shape index (κ1) is 20.9. The predicted octanol–water partition coefficient (Wildman–Crippen LogP) is 5.48. The quantitative estimate of drug-likeness (QED) is 0.390. The second-order valence-electron chi connectivity index (χ2n) is 7.24. The van der Waals surface area contributed by atoms with Gasteiger partial charge in [-0.1, -0.05) is 53.3 Å². The number of nitrogens with zero attached hydrogens (tertiary/aromatic N) is 2. The third-order valence-corrected chi connectivity index (χ3v) is 6.21. The summed E-state index contributed by atoms with van der Waals surface area (Å²) in [6, 6.07) is 16.2. The molecule has 1 N–H and O–H groups in total. The number of benzene rings is 2. The SMILES string of the molecule is CCOC(=O)c1sc2nc(-c3cccc(OC)c3)c(NCc3ccc(C)cc3)n2c1C. The van der Waals surface area contributed by atoms with E-state index < -0.39 is 0 Å². The number of anilines is 1. The third-order valence-electron chi connectivity index (χ3n) is 5.09. The summed E-state index contributed by atoms with van der Waals surface area (Å²) >= 11 is 1.34. The molecule has 0 atom stereocenters. The van der Waals surface area contributed by atoms with E-state index in [2.05, 4.69) is 36.5 Å². The minimum atomic E-state index is -0.317. The topological polar surface area (TPSA) is 64.9 Å². The van der Waals surface area contributed by atoms with Crippen molar-refractivity contribution in [2.24, 2.45) is 0 Å². The minimum Gasteiger partial charge on any atom is -0.497 e. The van der Waals surface area contributed by atoms with Crippen LogP contribution in [-0.4, -0.2) is 29.1 Å². The van der Waals surface area contributed by atoms with Gasteiger partial charge in [-0.2, -0.15) is 0 Å². The highest BCUT2D eigenvalue weighted by Gasteiger charge is 2.23. The molecule has 0 fully saturated rings. The molecule has 4 aromatic rings. The van der Waals surface area contributed by atoms with Crippen LogP contribution in [0.4, 0.5) is 5.82 Å². The van der Waals surface area contributed by atoms with Crippen molar-refractivity contribution in [1.29, 1.82) is 0 Å². The van der Waals surface area contributed by atoms with Crippen molar-refractivity contribution in [2.45, 2.75) is 27.3 Å². The first-order valence-corrected chi connectivity index (χ1v) is 11.0. The smallest absolute Gasteiger partial charge is 0.350 e. The molecule has 0 bridgehead atoms. The summed E-state index contributed by atoms with van der Waals surface area (Å²) in [6.45, 7) is 6.77. The largest absolute Gasteiger partial charge is 0.497 e. The zero-order valence-electron chi connectivity index (χ0n) is 18.1. The zero-order chi connectivity index (χ0) is 22.0. The maximum atomic E-state index is 12.4. The highest BCUT2D eigenvalue weighted by molar-refractivity contribution is 7.19. The fraction of sp³-hybridized carbons (Fsp3) is 0.250. The highest BCUT2D eigenvalue weighted by atomic mass is 32.1. The average molecular weight is 436 g/mol. The first-order chi connectivity index (χ1) is 15.0. The normalized spacial score (nSPS) is 11.0. The van der Waals surface area contributed by atoms with Gasteiger partial charge in [0.25, 0.3) is 0 Å². The Labute approximate surface area is 185 Å². The number of rotatable bonds is 7. The number of fused-ring (bicyclic) bond motifs is 1. The predicted molar refractivity (Wildman–Crippen MR) is 124 cm³/mol. The Kier molecular flexibility index (Phi) is 5.95. The molecule has 2 aromatic carbocycles. The maximum absolute atomic E-state index is 12.4. The van der Waals surface area contributed by atoms with Crippen molar-refractivity contribution in [2.75, 3.05) is 19.0 Å². The Morgan fingerprint density at radius 2 is 1.94 bits per heavy atom. The molecule has 0 amide bonds. The van der Waals surface area contributed by atoms with Crippen LogP contribution in [0.25, 0.3) is 16.2 Å². The second-order valence-corrected chi connectivity index (χ2v) is 8.21. The van der Waals surface area contributed by atoms with Gasteiger partial charge in [0, 0.05) is 17.8 Å². The van der Waals surface area contributed by atoms with Crippen LogP contribution in [-0.2, 0) is 11.3 Å². The summed E-state index contributed by atoms with van der Waals surface area (Å²) in [5, 5.41) is 3.55. The van der Waals surface area contributed by atoms with E-state index in [-0.39, 0.29) is 5.97 Å². The first-order valence-electron chi connectivity index (χ1n) is 10.1. The monoisotopic (exact) mass is 435 g/mol. The van der Waals surface area contributed by atoms with Crippen LogP contribution in [0, 0.1) is 13.8 Å². The maximum Gasteiger partial charge on any atom is 0.350 e. The summed E-state index contributed by atoms with van der Waals surface area (Å²) < 4.78 is 12.6. The van der Waals surface area contributed by atoms with Gasteiger partial charge in [-0.05, 0) is 38.5 Å². The number of thiazole rings is 1. The van der Waals surface area contributed by atoms with Crippen LogP contribution >= 0.6 is 11.3 Å². The van der Waals surface area contributed by atoms with Crippen molar-refractivity contribution >= 4 is 28.1 Å². The van der Waals surface area contributed by atoms with E-state index in [4.69, 9.17) is 14.5 Å². The molecule has 2 aromatic heterocycles. The zero-order valence-corrected chi connectivity index (χ0v) is 18.9. The highest BCUT2D eigenvalue weighted by Crippen LogP contribution is 2.36. The van der Waals surface area contributed by atoms with Gasteiger partial charge < -0.3 is 14.8 Å². The molecular weight excluding hydrogens is 410 g/mol. The van der Waals surface area contributed by atoms with Gasteiger partial charge in [0.15, 0.2) is 4.96 Å². The molecule has 0 saturated heterocycles. The van der Waals surface area contributed by atoms with Crippen molar-refractivity contribution in [3.05, 3.63) is 70.2 Å². The van der Waals surface area contributed by atoms with Crippen molar-refractivity contribution in [3.63, 3.8) is 0 Å². The summed E-state index contributed by atoms with van der Waals surface area (Å²) in [7, 11) is 1.65. The lowest BCUT2D eigenvalue weighted by Crippen LogP contribution is -2.07. The Hall–Kier alpha value is -3.32. The van der Waals surface area contributed by atoms with E-state index in [0.717, 1.165) is 39.0 Å². The van der Waals surface area contributed by atoms with E-state index in [0.29, 0.717) is 18.0 Å². The number of methoxy groups -OCH3 is 1. The average Bonchev–Trinajstić information content (AvgIpc) is 3.30. The van der Waals surface area contributed by atoms with Gasteiger partial charge in [0.2, 0.25) is 0 Å². The van der Waals surface area contributed by atoms with Crippen LogP contribution in [0.3, 0.4) is 0 Å². The molecule has 0 saturated carbocycles. The van der Waals surface area contributed by atoms with Crippen LogP contribution in [0.15, 0.2) is 48.5 Å². The van der Waals surface area contributed by atoms with Gasteiger partial charge in [-0.15, -0.1) is 0 Å². The standard InChI is InChI=1S/C24H25N3O3S/c1-5-30-23(28)21-16(3)27-22(25-14-17-11-9-15(2)10-12-17)20(26-24(27)31-21)18-7-6-8-19(13-18)29-4/h6-13,25H,5,14H2,1-4H3. The summed E-state index contributed by atoms with van der Waals surface area (Å²) in [6.07, 6.45) is 0. The number of imidazole rings is 1. The number of esters is 1. The van der Waals surface area contributed by atoms with Crippen LogP contribution in [0.2, 0.25) is 0 Å². The van der Waals surface area contributed by atoms with Gasteiger partial charge in [-0.3, -0.25) is 4.40 Å². The van der Waals surface area contributed by atoms with Crippen molar-refractivity contribution in [3.8, 4) is 17.0 Å². The molecule has 2 heterocycles. The second kappa shape index (κ2) is 8.81. The van der Waals surface area contributed by atoms with Crippen LogP contribution < -0.4 is 10.1 Å². The molecule has 31 heavy (non-hydrogen) atoms. The van der Waals surface area contributed by atoms with E-state index in [1.807, 2.05) is 35.6 Å². The lowest BCUT2D eigenvalue weighted by Gasteiger charge is -2.11. The van der Waals surface area contributed by atoms with E-state index in [1.165, 1.54) is 16.9 Å². The number of carbonyl (C=O) groups is 1. The Bertz CT molecular complexity index is 1230. The Balaban J connectivity index is 1.80. The summed E-state index contributed by atoms with van der Waals surface area (Å²) in [5.74, 6) is 1.29. The summed E-state index contributed by atoms with van der Waals surface area (Å²) in [4.78, 5) is 18.6. The lowest BCUT2D eigenvalue weighted by atomic mass is 10.1. The molecule has 6 nitrogen and oxygen atoms in total. The van der Waals surface area contributed by atoms with E-state index >= 15 is 0 Å². The fourth-order valence-electron chi connectivity index (χ4n) is 3.46. The number of nitrogens with one attached hydrogen (secondary N) is 1. The van der Waals surface area contributed by atoms with Crippen molar-refractivity contribution < 1.29 is 14.3 Å². The van der Waals surface area contributed by atoms with E-state index in [1.54, 1.807) is 14.0 Å². The van der Waals surface area contributed by atoms with E-state index in [9.17, 15) is 4.79 Å². The number of aromatic nitrogens is 2. The third kappa shape index (κ3) is 4.14. The number of aryl methyl sites for hydroxylation is 2. The van der Waals surface area contributed by atoms with Crippen LogP contribution in [0.1, 0.15) is 33.4 Å². The number of hydrogen-bond acceptors (Lipinski definition) is 6. The molecule has 4 rings (SSSR count). The molecule has 0 radical (unpaired) electrons. The molecule has 0 aliphatic carbocycles. The van der Waals surface area contributed by atoms with Crippen LogP contribution in [0.5, 0.6) is 5.75 Å². The molecule has 0 unspecified atom stereocenters. The molecule has 0 aliphatic heterocycles. The minimum absolute atomic E-state index is 0.317. The lowest BCUT2D eigenvalue weighted by molar-refractivity contribution is 0.0531. The number of hydrogen-bond donors (Lipinski definition) is 1. The fourth-order valence-corrected chi connectivity index (χ4v) is 4.48. The molecule has 160 valence electrons.